The lowest BCUT2D eigenvalue weighted by Gasteiger charge is -2.22. The number of hydrogen-bond acceptors (Lipinski definition) is 3. The van der Waals surface area contributed by atoms with Gasteiger partial charge < -0.3 is 10.1 Å². The first-order valence-electron chi connectivity index (χ1n) is 6.66. The van der Waals surface area contributed by atoms with Crippen molar-refractivity contribution in [2.24, 2.45) is 0 Å². The maximum Gasteiger partial charge on any atom is 0.0753 e. The van der Waals surface area contributed by atoms with Crippen LogP contribution in [-0.4, -0.2) is 29.5 Å². The van der Waals surface area contributed by atoms with E-state index in [9.17, 15) is 0 Å². The maximum atomic E-state index is 5.49. The summed E-state index contributed by atoms with van der Waals surface area (Å²) in [6.45, 7) is 7.13. The van der Waals surface area contributed by atoms with Gasteiger partial charge in [0, 0.05) is 24.4 Å². The Morgan fingerprint density at radius 1 is 1.65 bits per heavy atom. The van der Waals surface area contributed by atoms with Gasteiger partial charge in [-0.25, -0.2) is 0 Å². The van der Waals surface area contributed by atoms with Gasteiger partial charge in [-0.05, 0) is 32.7 Å². The van der Waals surface area contributed by atoms with Crippen molar-refractivity contribution in [3.63, 3.8) is 0 Å². The Hall–Kier alpha value is -0.870. The fourth-order valence-electron chi connectivity index (χ4n) is 2.19. The topological polar surface area (TPSA) is 39.1 Å². The molecule has 4 nitrogen and oxygen atoms in total. The second-order valence-corrected chi connectivity index (χ2v) is 4.80. The highest BCUT2D eigenvalue weighted by molar-refractivity contribution is 5.09. The summed E-state index contributed by atoms with van der Waals surface area (Å²) in [6, 6.07) is 0.809. The Bertz CT molecular complexity index is 331. The van der Waals surface area contributed by atoms with Crippen molar-refractivity contribution in [1.29, 1.82) is 0 Å². The van der Waals surface area contributed by atoms with E-state index in [1.54, 1.807) is 0 Å². The molecule has 0 aromatic carbocycles. The van der Waals surface area contributed by atoms with Gasteiger partial charge in [-0.2, -0.15) is 5.10 Å². The van der Waals surface area contributed by atoms with E-state index in [-0.39, 0.29) is 0 Å². The largest absolute Gasteiger partial charge is 0.379 e. The van der Waals surface area contributed by atoms with Crippen LogP contribution in [0.2, 0.25) is 0 Å². The number of ether oxygens (including phenoxy) is 1. The van der Waals surface area contributed by atoms with E-state index in [0.717, 1.165) is 32.6 Å². The average Bonchev–Trinajstić information content (AvgIpc) is 2.86. The Kier molecular flexibility index (Phi) is 4.57. The monoisotopic (exact) mass is 237 g/mol. The molecule has 1 N–H and O–H groups in total. The first kappa shape index (κ1) is 12.6. The summed E-state index contributed by atoms with van der Waals surface area (Å²) in [5.74, 6) is 0. The van der Waals surface area contributed by atoms with E-state index < -0.39 is 0 Å². The van der Waals surface area contributed by atoms with Crippen LogP contribution in [-0.2, 0) is 4.74 Å². The minimum absolute atomic E-state index is 0.383. The molecule has 1 aliphatic rings. The van der Waals surface area contributed by atoms with Crippen LogP contribution < -0.4 is 5.32 Å². The smallest absolute Gasteiger partial charge is 0.0753 e. The summed E-state index contributed by atoms with van der Waals surface area (Å²) < 4.78 is 7.56. The van der Waals surface area contributed by atoms with Gasteiger partial charge in [0.2, 0.25) is 0 Å². The molecule has 0 saturated carbocycles. The van der Waals surface area contributed by atoms with E-state index in [2.05, 4.69) is 35.1 Å². The lowest BCUT2D eigenvalue weighted by atomic mass is 10.1. The molecule has 1 aliphatic heterocycles. The summed E-state index contributed by atoms with van der Waals surface area (Å²) >= 11 is 0. The van der Waals surface area contributed by atoms with Crippen LogP contribution in [0, 0.1) is 0 Å². The van der Waals surface area contributed by atoms with E-state index >= 15 is 0 Å². The maximum absolute atomic E-state index is 5.49. The van der Waals surface area contributed by atoms with Crippen molar-refractivity contribution < 1.29 is 4.74 Å². The van der Waals surface area contributed by atoms with Crippen LogP contribution in [0.15, 0.2) is 12.4 Å². The normalized spacial score (nSPS) is 22.6. The number of hydrogen-bond donors (Lipinski definition) is 1. The summed E-state index contributed by atoms with van der Waals surface area (Å²) in [5.41, 5.74) is 1.27. The molecule has 0 radical (unpaired) electrons. The van der Waals surface area contributed by atoms with E-state index in [0.29, 0.717) is 12.1 Å². The molecule has 1 fully saturated rings. The van der Waals surface area contributed by atoms with Crippen LogP contribution in [0.3, 0.4) is 0 Å². The molecular formula is C13H23N3O. The van der Waals surface area contributed by atoms with Gasteiger partial charge in [-0.3, -0.25) is 4.68 Å². The molecular weight excluding hydrogens is 214 g/mol. The van der Waals surface area contributed by atoms with Crippen molar-refractivity contribution in [1.82, 2.24) is 15.1 Å². The minimum Gasteiger partial charge on any atom is -0.379 e. The molecule has 2 heterocycles. The van der Waals surface area contributed by atoms with Gasteiger partial charge in [0.1, 0.15) is 0 Å². The SMILES string of the molecule is CCCNC(C)c1cnn(C2CCCOC2)c1. The highest BCUT2D eigenvalue weighted by atomic mass is 16.5. The third-order valence-electron chi connectivity index (χ3n) is 3.33. The Labute approximate surface area is 103 Å². The number of rotatable bonds is 5. The molecule has 4 heteroatoms. The van der Waals surface area contributed by atoms with Crippen molar-refractivity contribution in [2.75, 3.05) is 19.8 Å². The van der Waals surface area contributed by atoms with E-state index in [4.69, 9.17) is 4.74 Å². The molecule has 0 aliphatic carbocycles. The minimum atomic E-state index is 0.383. The fourth-order valence-corrected chi connectivity index (χ4v) is 2.19. The quantitative estimate of drug-likeness (QED) is 0.854. The predicted octanol–water partition coefficient (Wildman–Crippen LogP) is 2.30. The third-order valence-corrected chi connectivity index (χ3v) is 3.33. The van der Waals surface area contributed by atoms with Crippen LogP contribution in [0.25, 0.3) is 0 Å². The van der Waals surface area contributed by atoms with Gasteiger partial charge >= 0.3 is 0 Å². The Morgan fingerprint density at radius 3 is 3.24 bits per heavy atom. The Balaban J connectivity index is 1.94. The highest BCUT2D eigenvalue weighted by Crippen LogP contribution is 2.20. The van der Waals surface area contributed by atoms with Crippen molar-refractivity contribution in [3.8, 4) is 0 Å². The molecule has 96 valence electrons. The lowest BCUT2D eigenvalue weighted by Crippen LogP contribution is -2.22. The average molecular weight is 237 g/mol. The van der Waals surface area contributed by atoms with Gasteiger partial charge in [-0.15, -0.1) is 0 Å². The van der Waals surface area contributed by atoms with Gasteiger partial charge in [0.25, 0.3) is 0 Å². The van der Waals surface area contributed by atoms with Crippen molar-refractivity contribution >= 4 is 0 Å². The molecule has 17 heavy (non-hydrogen) atoms. The Morgan fingerprint density at radius 2 is 2.53 bits per heavy atom. The second-order valence-electron chi connectivity index (χ2n) is 4.80. The van der Waals surface area contributed by atoms with Crippen molar-refractivity contribution in [2.45, 2.75) is 45.2 Å². The highest BCUT2D eigenvalue weighted by Gasteiger charge is 2.17. The zero-order chi connectivity index (χ0) is 12.1. The number of nitrogens with one attached hydrogen (secondary N) is 1. The molecule has 1 aromatic heterocycles. The molecule has 2 unspecified atom stereocenters. The van der Waals surface area contributed by atoms with Crippen molar-refractivity contribution in [3.05, 3.63) is 18.0 Å². The van der Waals surface area contributed by atoms with Crippen LogP contribution in [0.1, 0.15) is 50.8 Å². The summed E-state index contributed by atoms with van der Waals surface area (Å²) in [5, 5.41) is 7.95. The first-order valence-corrected chi connectivity index (χ1v) is 6.66. The van der Waals surface area contributed by atoms with Crippen LogP contribution in [0.4, 0.5) is 0 Å². The zero-order valence-electron chi connectivity index (χ0n) is 10.9. The molecule has 2 rings (SSSR count). The molecule has 0 spiro atoms. The number of nitrogens with zero attached hydrogens (tertiary/aromatic N) is 2. The fraction of sp³-hybridized carbons (Fsp3) is 0.769. The summed E-state index contributed by atoms with van der Waals surface area (Å²) in [4.78, 5) is 0. The zero-order valence-corrected chi connectivity index (χ0v) is 10.9. The molecule has 1 aromatic rings. The van der Waals surface area contributed by atoms with Gasteiger partial charge in [-0.1, -0.05) is 6.92 Å². The van der Waals surface area contributed by atoms with Gasteiger partial charge in [0.15, 0.2) is 0 Å². The van der Waals surface area contributed by atoms with E-state index in [1.165, 1.54) is 12.0 Å². The van der Waals surface area contributed by atoms with Gasteiger partial charge in [0.05, 0.1) is 18.8 Å². The standard InChI is InChI=1S/C13H23N3O/c1-3-6-14-11(2)12-8-15-16(9-12)13-5-4-7-17-10-13/h8-9,11,13-14H,3-7,10H2,1-2H3. The number of aromatic nitrogens is 2. The summed E-state index contributed by atoms with van der Waals surface area (Å²) in [7, 11) is 0. The molecule has 0 amide bonds. The third kappa shape index (κ3) is 3.30. The van der Waals surface area contributed by atoms with Crippen LogP contribution in [0.5, 0.6) is 0 Å². The second kappa shape index (κ2) is 6.17. The first-order chi connectivity index (χ1) is 8.31. The lowest BCUT2D eigenvalue weighted by molar-refractivity contribution is 0.0549. The van der Waals surface area contributed by atoms with E-state index in [1.807, 2.05) is 6.20 Å². The molecule has 2 atom stereocenters. The predicted molar refractivity (Wildman–Crippen MR) is 68.0 cm³/mol. The molecule has 0 bridgehead atoms. The van der Waals surface area contributed by atoms with Crippen LogP contribution >= 0.6 is 0 Å². The molecule has 1 saturated heterocycles. The summed E-state index contributed by atoms with van der Waals surface area (Å²) in [6.07, 6.45) is 7.62.